The van der Waals surface area contributed by atoms with E-state index < -0.39 is 5.97 Å². The van der Waals surface area contributed by atoms with Gasteiger partial charge in [-0.3, -0.25) is 4.79 Å². The number of hydrogen-bond donors (Lipinski definition) is 2. The molecule has 4 heteroatoms. The lowest BCUT2D eigenvalue weighted by atomic mass is 10.0. The highest BCUT2D eigenvalue weighted by atomic mass is 16.5. The zero-order chi connectivity index (χ0) is 16.8. The van der Waals surface area contributed by atoms with Gasteiger partial charge in [-0.15, -0.1) is 0 Å². The molecule has 0 bridgehead atoms. The summed E-state index contributed by atoms with van der Waals surface area (Å²) < 4.78 is 6.00. The molecule has 0 saturated heterocycles. The summed E-state index contributed by atoms with van der Waals surface area (Å²) in [5.74, 6) is -0.0996. The normalized spacial score (nSPS) is 10.7. The van der Waals surface area contributed by atoms with Crippen LogP contribution in [0.25, 0.3) is 10.8 Å². The number of benzene rings is 3. The van der Waals surface area contributed by atoms with Crippen molar-refractivity contribution in [2.45, 2.75) is 13.2 Å². The van der Waals surface area contributed by atoms with Crippen LogP contribution in [0.15, 0.2) is 66.7 Å². The highest BCUT2D eigenvalue weighted by molar-refractivity contribution is 5.87. The van der Waals surface area contributed by atoms with E-state index in [9.17, 15) is 4.79 Å². The van der Waals surface area contributed by atoms with E-state index in [0.717, 1.165) is 27.6 Å². The Morgan fingerprint density at radius 1 is 0.958 bits per heavy atom. The molecule has 122 valence electrons. The SMILES string of the molecule is O=C(O)CNCc1c(OCc2ccccc2)ccc2ccccc12. The Morgan fingerprint density at radius 3 is 2.50 bits per heavy atom. The van der Waals surface area contributed by atoms with Crippen molar-refractivity contribution in [3.63, 3.8) is 0 Å². The molecule has 0 radical (unpaired) electrons. The predicted molar refractivity (Wildman–Crippen MR) is 94.1 cm³/mol. The van der Waals surface area contributed by atoms with Crippen LogP contribution >= 0.6 is 0 Å². The number of carboxylic acid groups (broad SMARTS) is 1. The van der Waals surface area contributed by atoms with Crippen molar-refractivity contribution in [3.05, 3.63) is 77.9 Å². The second-order valence-corrected chi connectivity index (χ2v) is 5.53. The molecule has 0 aliphatic heterocycles. The van der Waals surface area contributed by atoms with Crippen LogP contribution in [-0.4, -0.2) is 17.6 Å². The predicted octanol–water partition coefficient (Wildman–Crippen LogP) is 3.59. The van der Waals surface area contributed by atoms with Crippen molar-refractivity contribution in [1.29, 1.82) is 0 Å². The van der Waals surface area contributed by atoms with E-state index in [-0.39, 0.29) is 6.54 Å². The second kappa shape index (κ2) is 7.62. The Hall–Kier alpha value is -2.85. The van der Waals surface area contributed by atoms with E-state index in [4.69, 9.17) is 9.84 Å². The van der Waals surface area contributed by atoms with Crippen LogP contribution in [-0.2, 0) is 17.9 Å². The van der Waals surface area contributed by atoms with E-state index in [1.165, 1.54) is 0 Å². The van der Waals surface area contributed by atoms with E-state index >= 15 is 0 Å². The number of aliphatic carboxylic acids is 1. The first kappa shape index (κ1) is 16.0. The minimum atomic E-state index is -0.873. The average molecular weight is 321 g/mol. The van der Waals surface area contributed by atoms with Gasteiger partial charge < -0.3 is 15.2 Å². The summed E-state index contributed by atoms with van der Waals surface area (Å²) in [6.45, 7) is 0.838. The number of fused-ring (bicyclic) bond motifs is 1. The quantitative estimate of drug-likeness (QED) is 0.698. The molecule has 0 aromatic heterocycles. The minimum absolute atomic E-state index is 0.0820. The molecule has 0 fully saturated rings. The molecule has 3 rings (SSSR count). The van der Waals surface area contributed by atoms with Crippen LogP contribution in [0.3, 0.4) is 0 Å². The maximum atomic E-state index is 10.8. The van der Waals surface area contributed by atoms with Gasteiger partial charge in [0, 0.05) is 12.1 Å². The van der Waals surface area contributed by atoms with E-state index in [1.54, 1.807) is 0 Å². The zero-order valence-electron chi connectivity index (χ0n) is 13.2. The van der Waals surface area contributed by atoms with E-state index in [0.29, 0.717) is 13.2 Å². The summed E-state index contributed by atoms with van der Waals surface area (Å²) in [6.07, 6.45) is 0. The Morgan fingerprint density at radius 2 is 1.71 bits per heavy atom. The fourth-order valence-electron chi connectivity index (χ4n) is 2.66. The van der Waals surface area contributed by atoms with Gasteiger partial charge in [0.25, 0.3) is 0 Å². The van der Waals surface area contributed by atoms with Crippen LogP contribution in [0.5, 0.6) is 5.75 Å². The van der Waals surface area contributed by atoms with Crippen molar-refractivity contribution < 1.29 is 14.6 Å². The van der Waals surface area contributed by atoms with Gasteiger partial charge in [-0.2, -0.15) is 0 Å². The zero-order valence-corrected chi connectivity index (χ0v) is 13.2. The van der Waals surface area contributed by atoms with Gasteiger partial charge in [0.05, 0.1) is 6.54 Å². The molecule has 4 nitrogen and oxygen atoms in total. The highest BCUT2D eigenvalue weighted by Crippen LogP contribution is 2.28. The van der Waals surface area contributed by atoms with Crippen molar-refractivity contribution in [2.24, 2.45) is 0 Å². The summed E-state index contributed by atoms with van der Waals surface area (Å²) in [4.78, 5) is 10.8. The monoisotopic (exact) mass is 321 g/mol. The number of rotatable bonds is 7. The molecule has 0 aliphatic carbocycles. The summed E-state index contributed by atoms with van der Waals surface area (Å²) in [5, 5.41) is 14.0. The summed E-state index contributed by atoms with van der Waals surface area (Å²) in [7, 11) is 0. The first-order chi connectivity index (χ1) is 11.7. The van der Waals surface area contributed by atoms with E-state index in [1.807, 2.05) is 66.7 Å². The first-order valence-corrected chi connectivity index (χ1v) is 7.84. The molecule has 0 unspecified atom stereocenters. The molecular weight excluding hydrogens is 302 g/mol. The Bertz CT molecular complexity index is 831. The van der Waals surface area contributed by atoms with Gasteiger partial charge in [-0.1, -0.05) is 60.7 Å². The average Bonchev–Trinajstić information content (AvgIpc) is 2.61. The molecule has 3 aromatic rings. The van der Waals surface area contributed by atoms with Crippen molar-refractivity contribution in [2.75, 3.05) is 6.54 Å². The van der Waals surface area contributed by atoms with Crippen LogP contribution in [0.1, 0.15) is 11.1 Å². The topological polar surface area (TPSA) is 58.6 Å². The maximum absolute atomic E-state index is 10.8. The number of ether oxygens (including phenoxy) is 1. The third-order valence-electron chi connectivity index (χ3n) is 3.81. The minimum Gasteiger partial charge on any atom is -0.489 e. The molecular formula is C20H19NO3. The van der Waals surface area contributed by atoms with E-state index in [2.05, 4.69) is 5.32 Å². The number of carboxylic acids is 1. The van der Waals surface area contributed by atoms with Gasteiger partial charge in [-0.25, -0.2) is 0 Å². The second-order valence-electron chi connectivity index (χ2n) is 5.53. The molecule has 0 saturated carbocycles. The lowest BCUT2D eigenvalue weighted by Gasteiger charge is -2.15. The first-order valence-electron chi connectivity index (χ1n) is 7.84. The largest absolute Gasteiger partial charge is 0.489 e. The smallest absolute Gasteiger partial charge is 0.317 e. The Kier molecular flexibility index (Phi) is 5.08. The summed E-state index contributed by atoms with van der Waals surface area (Å²) in [6, 6.07) is 22.0. The molecule has 0 amide bonds. The molecule has 0 spiro atoms. The van der Waals surface area contributed by atoms with Gasteiger partial charge >= 0.3 is 5.97 Å². The summed E-state index contributed by atoms with van der Waals surface area (Å²) >= 11 is 0. The van der Waals surface area contributed by atoms with Crippen LogP contribution < -0.4 is 10.1 Å². The van der Waals surface area contributed by atoms with Gasteiger partial charge in [0.15, 0.2) is 0 Å². The Labute approximate surface area is 140 Å². The maximum Gasteiger partial charge on any atom is 0.317 e. The van der Waals surface area contributed by atoms with Crippen molar-refractivity contribution in [1.82, 2.24) is 5.32 Å². The fourth-order valence-corrected chi connectivity index (χ4v) is 2.66. The highest BCUT2D eigenvalue weighted by Gasteiger charge is 2.09. The standard InChI is InChI=1S/C20H19NO3/c22-20(23)13-21-12-18-17-9-5-4-8-16(17)10-11-19(18)24-14-15-6-2-1-3-7-15/h1-11,21H,12-14H2,(H,22,23). The molecule has 3 aromatic carbocycles. The molecule has 2 N–H and O–H groups in total. The van der Waals surface area contributed by atoms with Crippen LogP contribution in [0.2, 0.25) is 0 Å². The van der Waals surface area contributed by atoms with Crippen molar-refractivity contribution >= 4 is 16.7 Å². The van der Waals surface area contributed by atoms with Gasteiger partial charge in [-0.05, 0) is 22.4 Å². The number of hydrogen-bond acceptors (Lipinski definition) is 3. The third kappa shape index (κ3) is 3.91. The Balaban J connectivity index is 1.86. The number of carbonyl (C=O) groups is 1. The molecule has 0 heterocycles. The number of nitrogens with one attached hydrogen (secondary N) is 1. The summed E-state index contributed by atoms with van der Waals surface area (Å²) in [5.41, 5.74) is 2.07. The van der Waals surface area contributed by atoms with Crippen LogP contribution in [0.4, 0.5) is 0 Å². The lowest BCUT2D eigenvalue weighted by molar-refractivity contribution is -0.136. The molecule has 0 aliphatic rings. The van der Waals surface area contributed by atoms with Gasteiger partial charge in [0.2, 0.25) is 0 Å². The molecule has 0 atom stereocenters. The fraction of sp³-hybridized carbons (Fsp3) is 0.150. The van der Waals surface area contributed by atoms with Crippen molar-refractivity contribution in [3.8, 4) is 5.75 Å². The van der Waals surface area contributed by atoms with Crippen LogP contribution in [0, 0.1) is 0 Å². The van der Waals surface area contributed by atoms with Gasteiger partial charge in [0.1, 0.15) is 12.4 Å². The molecule has 24 heavy (non-hydrogen) atoms. The lowest BCUT2D eigenvalue weighted by Crippen LogP contribution is -2.22. The third-order valence-corrected chi connectivity index (χ3v) is 3.81.